The zero-order valence-corrected chi connectivity index (χ0v) is 20.6. The maximum Gasteiger partial charge on any atom is 0.248 e. The summed E-state index contributed by atoms with van der Waals surface area (Å²) in [5.41, 5.74) is 4.06. The van der Waals surface area contributed by atoms with Crippen molar-refractivity contribution < 1.29 is 18.7 Å². The van der Waals surface area contributed by atoms with E-state index in [1.54, 1.807) is 30.1 Å². The van der Waals surface area contributed by atoms with Crippen LogP contribution in [0.4, 0.5) is 10.1 Å². The Hall–Kier alpha value is -4.10. The normalized spacial score (nSPS) is 11.0. The first-order chi connectivity index (χ1) is 17.4. The Morgan fingerprint density at radius 1 is 1.14 bits per heavy atom. The molecule has 0 saturated carbocycles. The molecular weight excluding hydrogens is 481 g/mol. The number of amides is 1. The number of hydrogen-bond acceptors (Lipinski definition) is 4. The molecule has 1 aromatic heterocycles. The Bertz CT molecular complexity index is 1400. The van der Waals surface area contributed by atoms with Crippen molar-refractivity contribution in [2.45, 2.75) is 20.1 Å². The van der Waals surface area contributed by atoms with E-state index >= 15 is 0 Å². The Kier molecular flexibility index (Phi) is 8.02. The number of benzene rings is 3. The lowest BCUT2D eigenvalue weighted by Crippen LogP contribution is -2.07. The van der Waals surface area contributed by atoms with E-state index in [2.05, 4.69) is 10.4 Å². The molecule has 0 atom stereocenters. The minimum absolute atomic E-state index is 0.303. The SMILES string of the molecule is COc1ccc(/C=C/C(=O)Nc2cnn(Cc3ccc(F)cc3Cl)c2)cc1COc1cccc(C)c1. The van der Waals surface area contributed by atoms with E-state index in [9.17, 15) is 9.18 Å². The first-order valence-electron chi connectivity index (χ1n) is 11.2. The predicted octanol–water partition coefficient (Wildman–Crippen LogP) is 6.27. The number of carbonyl (C=O) groups excluding carboxylic acids is 1. The summed E-state index contributed by atoms with van der Waals surface area (Å²) in [6.45, 7) is 2.69. The van der Waals surface area contributed by atoms with Crippen molar-refractivity contribution in [2.75, 3.05) is 12.4 Å². The van der Waals surface area contributed by atoms with Crippen molar-refractivity contribution in [2.24, 2.45) is 0 Å². The summed E-state index contributed by atoms with van der Waals surface area (Å²) in [5.74, 6) is 0.784. The molecule has 1 heterocycles. The summed E-state index contributed by atoms with van der Waals surface area (Å²) in [5, 5.41) is 7.33. The summed E-state index contributed by atoms with van der Waals surface area (Å²) in [4.78, 5) is 12.4. The summed E-state index contributed by atoms with van der Waals surface area (Å²) in [6.07, 6.45) is 6.38. The summed E-state index contributed by atoms with van der Waals surface area (Å²) >= 11 is 6.08. The van der Waals surface area contributed by atoms with Gasteiger partial charge >= 0.3 is 0 Å². The van der Waals surface area contributed by atoms with Gasteiger partial charge < -0.3 is 14.8 Å². The van der Waals surface area contributed by atoms with Gasteiger partial charge in [0.05, 0.1) is 25.5 Å². The molecule has 0 bridgehead atoms. The van der Waals surface area contributed by atoms with Gasteiger partial charge in [0, 0.05) is 22.9 Å². The van der Waals surface area contributed by atoms with Gasteiger partial charge in [-0.1, -0.05) is 35.9 Å². The average molecular weight is 506 g/mol. The zero-order valence-electron chi connectivity index (χ0n) is 19.9. The molecule has 4 aromatic rings. The molecule has 0 unspecified atom stereocenters. The van der Waals surface area contributed by atoms with Crippen LogP contribution in [-0.4, -0.2) is 22.8 Å². The number of carbonyl (C=O) groups is 1. The van der Waals surface area contributed by atoms with Gasteiger partial charge in [-0.15, -0.1) is 0 Å². The number of halogens is 2. The van der Waals surface area contributed by atoms with Gasteiger partial charge in [-0.25, -0.2) is 4.39 Å². The van der Waals surface area contributed by atoms with Crippen LogP contribution >= 0.6 is 11.6 Å². The average Bonchev–Trinajstić information content (AvgIpc) is 3.30. The van der Waals surface area contributed by atoms with Crippen molar-refractivity contribution in [3.8, 4) is 11.5 Å². The Labute approximate surface area is 213 Å². The lowest BCUT2D eigenvalue weighted by atomic mass is 10.1. The second-order valence-corrected chi connectivity index (χ2v) is 8.57. The smallest absolute Gasteiger partial charge is 0.248 e. The third-order valence-electron chi connectivity index (χ3n) is 5.36. The number of ether oxygens (including phenoxy) is 2. The van der Waals surface area contributed by atoms with E-state index < -0.39 is 5.82 Å². The molecule has 0 aliphatic rings. The van der Waals surface area contributed by atoms with Gasteiger partial charge in [-0.2, -0.15) is 5.10 Å². The van der Waals surface area contributed by atoms with Crippen LogP contribution in [-0.2, 0) is 17.9 Å². The summed E-state index contributed by atoms with van der Waals surface area (Å²) < 4.78 is 26.2. The van der Waals surface area contributed by atoms with Crippen molar-refractivity contribution in [3.63, 3.8) is 0 Å². The zero-order chi connectivity index (χ0) is 25.5. The molecule has 184 valence electrons. The second kappa shape index (κ2) is 11.6. The first-order valence-corrected chi connectivity index (χ1v) is 11.6. The highest BCUT2D eigenvalue weighted by molar-refractivity contribution is 6.31. The van der Waals surface area contributed by atoms with E-state index in [0.717, 1.165) is 28.0 Å². The maximum absolute atomic E-state index is 13.2. The van der Waals surface area contributed by atoms with Crippen LogP contribution < -0.4 is 14.8 Å². The van der Waals surface area contributed by atoms with Crippen LogP contribution in [0, 0.1) is 12.7 Å². The van der Waals surface area contributed by atoms with E-state index in [-0.39, 0.29) is 5.91 Å². The highest BCUT2D eigenvalue weighted by atomic mass is 35.5. The predicted molar refractivity (Wildman–Crippen MR) is 139 cm³/mol. The molecule has 36 heavy (non-hydrogen) atoms. The fourth-order valence-electron chi connectivity index (χ4n) is 3.58. The van der Waals surface area contributed by atoms with Gasteiger partial charge in [-0.05, 0) is 66.1 Å². The number of hydrogen-bond donors (Lipinski definition) is 1. The van der Waals surface area contributed by atoms with Gasteiger partial charge in [-0.3, -0.25) is 9.48 Å². The second-order valence-electron chi connectivity index (χ2n) is 8.16. The topological polar surface area (TPSA) is 65.4 Å². The quantitative estimate of drug-likeness (QED) is 0.272. The molecule has 3 aromatic carbocycles. The number of methoxy groups -OCH3 is 1. The van der Waals surface area contributed by atoms with Crippen LogP contribution in [0.1, 0.15) is 22.3 Å². The van der Waals surface area contributed by atoms with Crippen molar-refractivity contribution in [1.29, 1.82) is 0 Å². The number of anilines is 1. The number of nitrogens with one attached hydrogen (secondary N) is 1. The lowest BCUT2D eigenvalue weighted by Gasteiger charge is -2.11. The van der Waals surface area contributed by atoms with Gasteiger partial charge in [0.2, 0.25) is 5.91 Å². The highest BCUT2D eigenvalue weighted by Gasteiger charge is 2.08. The molecule has 1 amide bonds. The van der Waals surface area contributed by atoms with Crippen molar-refractivity contribution >= 4 is 29.3 Å². The molecule has 0 aliphatic carbocycles. The summed E-state index contributed by atoms with van der Waals surface area (Å²) in [6, 6.07) is 17.7. The fourth-order valence-corrected chi connectivity index (χ4v) is 3.80. The van der Waals surface area contributed by atoms with Gasteiger partial charge in [0.15, 0.2) is 0 Å². The largest absolute Gasteiger partial charge is 0.496 e. The summed E-state index contributed by atoms with van der Waals surface area (Å²) in [7, 11) is 1.61. The maximum atomic E-state index is 13.2. The third kappa shape index (κ3) is 6.73. The minimum atomic E-state index is -0.397. The molecule has 6 nitrogen and oxygen atoms in total. The number of aromatic nitrogens is 2. The van der Waals surface area contributed by atoms with E-state index in [1.165, 1.54) is 24.4 Å². The van der Waals surface area contributed by atoms with Gasteiger partial charge in [0.1, 0.15) is 23.9 Å². The van der Waals surface area contributed by atoms with E-state index in [0.29, 0.717) is 29.6 Å². The van der Waals surface area contributed by atoms with Gasteiger partial charge in [0.25, 0.3) is 0 Å². The van der Waals surface area contributed by atoms with Crippen molar-refractivity contribution in [1.82, 2.24) is 9.78 Å². The Morgan fingerprint density at radius 2 is 2.00 bits per heavy atom. The van der Waals surface area contributed by atoms with Crippen LogP contribution in [0.25, 0.3) is 6.08 Å². The first kappa shape index (κ1) is 25.0. The molecule has 1 N–H and O–H groups in total. The monoisotopic (exact) mass is 505 g/mol. The fraction of sp³-hybridized carbons (Fsp3) is 0.143. The highest BCUT2D eigenvalue weighted by Crippen LogP contribution is 2.23. The van der Waals surface area contributed by atoms with Crippen LogP contribution in [0.5, 0.6) is 11.5 Å². The van der Waals surface area contributed by atoms with Crippen LogP contribution in [0.3, 0.4) is 0 Å². The molecule has 0 radical (unpaired) electrons. The molecule has 4 rings (SSSR count). The third-order valence-corrected chi connectivity index (χ3v) is 5.72. The molecule has 0 spiro atoms. The van der Waals surface area contributed by atoms with Crippen molar-refractivity contribution in [3.05, 3.63) is 112 Å². The van der Waals surface area contributed by atoms with E-state index in [1.807, 2.05) is 49.4 Å². The Balaban J connectivity index is 1.37. The number of nitrogens with zero attached hydrogens (tertiary/aromatic N) is 2. The number of aryl methyl sites for hydroxylation is 1. The van der Waals surface area contributed by atoms with Crippen LogP contribution in [0.2, 0.25) is 5.02 Å². The van der Waals surface area contributed by atoms with Crippen LogP contribution in [0.15, 0.2) is 79.1 Å². The van der Waals surface area contributed by atoms with E-state index in [4.69, 9.17) is 21.1 Å². The molecule has 8 heteroatoms. The molecular formula is C28H25ClFN3O3. The molecule has 0 aliphatic heterocycles. The standard InChI is InChI=1S/C28H25ClFN3O3/c1-19-4-3-5-25(12-19)36-18-22-13-20(6-10-27(22)35-2)7-11-28(34)32-24-15-31-33(17-24)16-21-8-9-23(30)14-26(21)29/h3-15,17H,16,18H2,1-2H3,(H,32,34)/b11-7+. The lowest BCUT2D eigenvalue weighted by molar-refractivity contribution is -0.111. The number of rotatable bonds is 9. The Morgan fingerprint density at radius 3 is 2.78 bits per heavy atom. The molecule has 0 saturated heterocycles. The molecule has 0 fully saturated rings. The minimum Gasteiger partial charge on any atom is -0.496 e.